The van der Waals surface area contributed by atoms with Gasteiger partial charge in [-0.3, -0.25) is 14.9 Å². The minimum absolute atomic E-state index is 0.134. The van der Waals surface area contributed by atoms with Gasteiger partial charge in [-0.1, -0.05) is 28.8 Å². The molecule has 0 heterocycles. The zero-order valence-corrected chi connectivity index (χ0v) is 12.5. The predicted octanol–water partition coefficient (Wildman–Crippen LogP) is 2.96. The molecule has 0 atom stereocenters. The second-order valence-corrected chi connectivity index (χ2v) is 6.13. The van der Waals surface area contributed by atoms with Crippen LogP contribution in [0.15, 0.2) is 22.7 Å². The van der Waals surface area contributed by atoms with E-state index in [-0.39, 0.29) is 23.7 Å². The topological polar surface area (TPSA) is 98.3 Å². The van der Waals surface area contributed by atoms with Gasteiger partial charge in [0.15, 0.2) is 0 Å². The number of anilines is 1. The molecule has 1 aliphatic rings. The summed E-state index contributed by atoms with van der Waals surface area (Å²) in [6.07, 6.45) is 3.90. The van der Waals surface area contributed by atoms with E-state index in [4.69, 9.17) is 5.73 Å². The second kappa shape index (κ2) is 5.88. The molecule has 0 spiro atoms. The van der Waals surface area contributed by atoms with Crippen molar-refractivity contribution < 1.29 is 9.72 Å². The molecule has 0 radical (unpaired) electrons. The van der Waals surface area contributed by atoms with E-state index in [0.717, 1.165) is 25.7 Å². The Morgan fingerprint density at radius 1 is 1.45 bits per heavy atom. The molecule has 1 aromatic rings. The van der Waals surface area contributed by atoms with E-state index in [1.165, 1.54) is 12.1 Å². The van der Waals surface area contributed by atoms with Crippen LogP contribution < -0.4 is 11.1 Å². The van der Waals surface area contributed by atoms with Crippen LogP contribution in [0.25, 0.3) is 0 Å². The molecule has 0 aliphatic heterocycles. The van der Waals surface area contributed by atoms with Crippen LogP contribution in [-0.4, -0.2) is 16.4 Å². The Hall–Kier alpha value is -1.47. The van der Waals surface area contributed by atoms with Crippen molar-refractivity contribution in [3.8, 4) is 0 Å². The number of benzene rings is 1. The number of carbonyl (C=O) groups is 1. The lowest BCUT2D eigenvalue weighted by molar-refractivity contribution is -0.384. The molecule has 0 unspecified atom stereocenters. The highest BCUT2D eigenvalue weighted by atomic mass is 79.9. The summed E-state index contributed by atoms with van der Waals surface area (Å²) in [6.45, 7) is 0. The number of hydrogen-bond donors (Lipinski definition) is 2. The fraction of sp³-hybridized carbons (Fsp3) is 0.462. The Kier molecular flexibility index (Phi) is 4.39. The van der Waals surface area contributed by atoms with Gasteiger partial charge in [0, 0.05) is 22.5 Å². The van der Waals surface area contributed by atoms with Gasteiger partial charge in [-0.25, -0.2) is 0 Å². The van der Waals surface area contributed by atoms with Gasteiger partial charge in [0.05, 0.1) is 4.92 Å². The first-order valence-corrected chi connectivity index (χ1v) is 7.22. The predicted molar refractivity (Wildman–Crippen MR) is 79.4 cm³/mol. The summed E-state index contributed by atoms with van der Waals surface area (Å²) in [5.41, 5.74) is 5.73. The SMILES string of the molecule is NC1(CC(=O)Nc2ccc(Br)cc2[N+](=O)[O-])CCCC1. The van der Waals surface area contributed by atoms with Crippen molar-refractivity contribution in [3.63, 3.8) is 0 Å². The molecule has 1 aliphatic carbocycles. The first-order valence-electron chi connectivity index (χ1n) is 6.42. The molecule has 1 amide bonds. The summed E-state index contributed by atoms with van der Waals surface area (Å²) >= 11 is 3.17. The lowest BCUT2D eigenvalue weighted by Crippen LogP contribution is -2.40. The van der Waals surface area contributed by atoms with Crippen LogP contribution in [0, 0.1) is 10.1 Å². The summed E-state index contributed by atoms with van der Waals surface area (Å²) in [7, 11) is 0. The van der Waals surface area contributed by atoms with Crippen molar-refractivity contribution in [2.24, 2.45) is 5.73 Å². The Morgan fingerprint density at radius 3 is 2.70 bits per heavy atom. The van der Waals surface area contributed by atoms with E-state index in [1.807, 2.05) is 0 Å². The molecule has 0 aromatic heterocycles. The van der Waals surface area contributed by atoms with E-state index < -0.39 is 10.5 Å². The highest BCUT2D eigenvalue weighted by Crippen LogP contribution is 2.32. The second-order valence-electron chi connectivity index (χ2n) is 5.21. The maximum absolute atomic E-state index is 12.0. The number of rotatable bonds is 4. The quantitative estimate of drug-likeness (QED) is 0.649. The van der Waals surface area contributed by atoms with Gasteiger partial charge in [-0.05, 0) is 25.0 Å². The van der Waals surface area contributed by atoms with Crippen molar-refractivity contribution in [3.05, 3.63) is 32.8 Å². The highest BCUT2D eigenvalue weighted by Gasteiger charge is 2.32. The summed E-state index contributed by atoms with van der Waals surface area (Å²) in [5.74, 6) is -0.278. The molecular formula is C13H16BrN3O3. The number of halogens is 1. The first kappa shape index (κ1) is 14.9. The summed E-state index contributed by atoms with van der Waals surface area (Å²) in [5, 5.41) is 13.6. The molecule has 1 saturated carbocycles. The van der Waals surface area contributed by atoms with Gasteiger partial charge >= 0.3 is 0 Å². The fourth-order valence-corrected chi connectivity index (χ4v) is 2.88. The number of nitrogens with zero attached hydrogens (tertiary/aromatic N) is 1. The average molecular weight is 342 g/mol. The van der Waals surface area contributed by atoms with E-state index in [2.05, 4.69) is 21.2 Å². The zero-order valence-electron chi connectivity index (χ0n) is 10.9. The molecule has 0 saturated heterocycles. The van der Waals surface area contributed by atoms with E-state index >= 15 is 0 Å². The molecule has 0 bridgehead atoms. The normalized spacial score (nSPS) is 16.9. The molecule has 3 N–H and O–H groups in total. The van der Waals surface area contributed by atoms with Crippen LogP contribution in [0.4, 0.5) is 11.4 Å². The minimum atomic E-state index is -0.520. The number of nitro groups is 1. The van der Waals surface area contributed by atoms with Crippen molar-refractivity contribution in [1.29, 1.82) is 0 Å². The van der Waals surface area contributed by atoms with Crippen molar-refractivity contribution in [2.75, 3.05) is 5.32 Å². The number of carbonyl (C=O) groups excluding carboxylic acids is 1. The molecule has 7 heteroatoms. The third kappa shape index (κ3) is 3.55. The molecule has 108 valence electrons. The Bertz CT molecular complexity index is 542. The number of nitrogens with one attached hydrogen (secondary N) is 1. The van der Waals surface area contributed by atoms with Crippen LogP contribution >= 0.6 is 15.9 Å². The lowest BCUT2D eigenvalue weighted by atomic mass is 9.94. The van der Waals surface area contributed by atoms with E-state index in [9.17, 15) is 14.9 Å². The standard InChI is InChI=1S/C13H16BrN3O3/c14-9-3-4-10(11(7-9)17(19)20)16-12(18)8-13(15)5-1-2-6-13/h3-4,7H,1-2,5-6,8,15H2,(H,16,18). The Balaban J connectivity index is 2.09. The smallest absolute Gasteiger partial charge is 0.293 e. The van der Waals surface area contributed by atoms with Crippen LogP contribution in [0.2, 0.25) is 0 Å². The molecule has 6 nitrogen and oxygen atoms in total. The average Bonchev–Trinajstić information content (AvgIpc) is 2.77. The number of nitrogens with two attached hydrogens (primary N) is 1. The van der Waals surface area contributed by atoms with Crippen molar-refractivity contribution in [2.45, 2.75) is 37.6 Å². The van der Waals surface area contributed by atoms with Gasteiger partial charge in [0.2, 0.25) is 5.91 Å². The third-order valence-electron chi connectivity index (χ3n) is 3.54. The number of amides is 1. The first-order chi connectivity index (χ1) is 9.39. The van der Waals surface area contributed by atoms with Crippen molar-refractivity contribution in [1.82, 2.24) is 0 Å². The van der Waals surface area contributed by atoms with Crippen LogP contribution in [0.3, 0.4) is 0 Å². The number of nitro benzene ring substituents is 1. The monoisotopic (exact) mass is 341 g/mol. The van der Waals surface area contributed by atoms with Crippen molar-refractivity contribution >= 4 is 33.2 Å². The van der Waals surface area contributed by atoms with Crippen LogP contribution in [0.5, 0.6) is 0 Å². The lowest BCUT2D eigenvalue weighted by Gasteiger charge is -2.22. The molecule has 20 heavy (non-hydrogen) atoms. The Morgan fingerprint density at radius 2 is 2.10 bits per heavy atom. The van der Waals surface area contributed by atoms with Gasteiger partial charge in [0.25, 0.3) is 5.69 Å². The maximum Gasteiger partial charge on any atom is 0.293 e. The summed E-state index contributed by atoms with van der Waals surface area (Å²) < 4.78 is 0.591. The fourth-order valence-electron chi connectivity index (χ4n) is 2.53. The largest absolute Gasteiger partial charge is 0.325 e. The summed E-state index contributed by atoms with van der Waals surface area (Å²) in [4.78, 5) is 22.5. The van der Waals surface area contributed by atoms with Gasteiger partial charge in [-0.15, -0.1) is 0 Å². The van der Waals surface area contributed by atoms with Gasteiger partial charge < -0.3 is 11.1 Å². The van der Waals surface area contributed by atoms with Gasteiger partial charge in [0.1, 0.15) is 5.69 Å². The summed E-state index contributed by atoms with van der Waals surface area (Å²) in [6, 6.07) is 4.53. The van der Waals surface area contributed by atoms with Gasteiger partial charge in [-0.2, -0.15) is 0 Å². The Labute approximate surface area is 125 Å². The number of hydrogen-bond acceptors (Lipinski definition) is 4. The highest BCUT2D eigenvalue weighted by molar-refractivity contribution is 9.10. The maximum atomic E-state index is 12.0. The van der Waals surface area contributed by atoms with Crippen LogP contribution in [-0.2, 0) is 4.79 Å². The molecule has 1 fully saturated rings. The molecular weight excluding hydrogens is 326 g/mol. The zero-order chi connectivity index (χ0) is 14.8. The molecule has 2 rings (SSSR count). The van der Waals surface area contributed by atoms with E-state index in [1.54, 1.807) is 6.07 Å². The molecule has 1 aromatic carbocycles. The van der Waals surface area contributed by atoms with Crippen LogP contribution in [0.1, 0.15) is 32.1 Å². The van der Waals surface area contributed by atoms with E-state index in [0.29, 0.717) is 4.47 Å². The third-order valence-corrected chi connectivity index (χ3v) is 4.04. The minimum Gasteiger partial charge on any atom is -0.325 e.